The summed E-state index contributed by atoms with van der Waals surface area (Å²) < 4.78 is 0. The summed E-state index contributed by atoms with van der Waals surface area (Å²) in [6.07, 6.45) is 6.05. The van der Waals surface area contributed by atoms with E-state index in [-0.39, 0.29) is 5.91 Å². The number of aromatic nitrogens is 2. The molecule has 28 heavy (non-hydrogen) atoms. The number of rotatable bonds is 6. The number of hydrogen-bond acceptors (Lipinski definition) is 5. The molecular weight excluding hydrogens is 368 g/mol. The number of carbonyl (C=O) groups is 1. The van der Waals surface area contributed by atoms with Gasteiger partial charge in [-0.05, 0) is 55.1 Å². The molecule has 1 aromatic carbocycles. The van der Waals surface area contributed by atoms with Gasteiger partial charge < -0.3 is 0 Å². The molecule has 2 aromatic heterocycles. The summed E-state index contributed by atoms with van der Waals surface area (Å²) in [5, 5.41) is 2.81. The van der Waals surface area contributed by atoms with E-state index in [1.54, 1.807) is 11.8 Å². The molecule has 0 spiro atoms. The van der Waals surface area contributed by atoms with E-state index in [0.717, 1.165) is 42.6 Å². The molecule has 1 fully saturated rings. The Morgan fingerprint density at radius 3 is 2.75 bits per heavy atom. The van der Waals surface area contributed by atoms with Gasteiger partial charge in [0.1, 0.15) is 0 Å². The molecule has 1 saturated heterocycles. The number of nitrogens with zero attached hydrogens (tertiary/aromatic N) is 4. The predicted octanol–water partition coefficient (Wildman–Crippen LogP) is 4.29. The van der Waals surface area contributed by atoms with Crippen molar-refractivity contribution in [3.05, 3.63) is 71.5 Å². The van der Waals surface area contributed by atoms with Gasteiger partial charge in [-0.3, -0.25) is 19.6 Å². The van der Waals surface area contributed by atoms with Gasteiger partial charge in [0.05, 0.1) is 11.4 Å². The minimum Gasteiger partial charge on any atom is -0.297 e. The molecule has 1 atom stereocenters. The second-order valence-electron chi connectivity index (χ2n) is 7.26. The van der Waals surface area contributed by atoms with E-state index >= 15 is 0 Å². The van der Waals surface area contributed by atoms with E-state index in [0.29, 0.717) is 5.92 Å². The molecule has 0 N–H and O–H groups in total. The molecule has 4 rings (SSSR count). The number of thiazole rings is 1. The Hall–Kier alpha value is -2.57. The molecule has 1 aliphatic rings. The van der Waals surface area contributed by atoms with Crippen LogP contribution in [0.3, 0.4) is 0 Å². The maximum Gasteiger partial charge on any atom is 0.230 e. The van der Waals surface area contributed by atoms with E-state index < -0.39 is 0 Å². The summed E-state index contributed by atoms with van der Waals surface area (Å²) in [7, 11) is 0. The predicted molar refractivity (Wildman–Crippen MR) is 113 cm³/mol. The smallest absolute Gasteiger partial charge is 0.230 e. The van der Waals surface area contributed by atoms with Crippen molar-refractivity contribution in [3.63, 3.8) is 0 Å². The summed E-state index contributed by atoms with van der Waals surface area (Å²) in [5.74, 6) is 0.657. The van der Waals surface area contributed by atoms with Crippen LogP contribution in [0.15, 0.2) is 60.2 Å². The zero-order valence-electron chi connectivity index (χ0n) is 16.0. The fourth-order valence-electron chi connectivity index (χ4n) is 3.78. The Morgan fingerprint density at radius 1 is 1.21 bits per heavy atom. The molecule has 1 unspecified atom stereocenters. The fraction of sp³-hybridized carbons (Fsp3) is 0.318. The quantitative estimate of drug-likeness (QED) is 0.628. The highest BCUT2D eigenvalue weighted by Gasteiger charge is 2.24. The first-order chi connectivity index (χ1) is 13.7. The van der Waals surface area contributed by atoms with Crippen LogP contribution >= 0.6 is 11.3 Å². The minimum atomic E-state index is -0.0225. The Kier molecular flexibility index (Phi) is 5.78. The van der Waals surface area contributed by atoms with Crippen molar-refractivity contribution in [1.82, 2.24) is 14.9 Å². The molecule has 0 aliphatic carbocycles. The van der Waals surface area contributed by atoms with Gasteiger partial charge in [0.25, 0.3) is 0 Å². The molecule has 144 valence electrons. The van der Waals surface area contributed by atoms with Gasteiger partial charge in [-0.1, -0.05) is 18.2 Å². The van der Waals surface area contributed by atoms with Crippen molar-refractivity contribution in [2.75, 3.05) is 18.0 Å². The summed E-state index contributed by atoms with van der Waals surface area (Å²) in [4.78, 5) is 25.2. The van der Waals surface area contributed by atoms with Gasteiger partial charge in [0.2, 0.25) is 5.91 Å². The topological polar surface area (TPSA) is 49.3 Å². The van der Waals surface area contributed by atoms with Crippen molar-refractivity contribution in [2.24, 2.45) is 5.92 Å². The normalized spacial score (nSPS) is 17.0. The Balaban J connectivity index is 1.39. The van der Waals surface area contributed by atoms with Gasteiger partial charge >= 0.3 is 0 Å². The Bertz CT molecular complexity index is 913. The second kappa shape index (κ2) is 8.63. The average molecular weight is 393 g/mol. The summed E-state index contributed by atoms with van der Waals surface area (Å²) in [6, 6.07) is 13.9. The highest BCUT2D eigenvalue weighted by atomic mass is 32.1. The number of pyridine rings is 1. The van der Waals surface area contributed by atoms with Gasteiger partial charge in [-0.25, -0.2) is 4.98 Å². The van der Waals surface area contributed by atoms with Crippen molar-refractivity contribution in [3.8, 4) is 0 Å². The minimum absolute atomic E-state index is 0.0225. The highest BCUT2D eigenvalue weighted by Crippen LogP contribution is 2.30. The number of carbonyl (C=O) groups excluding carboxylic acids is 1. The molecule has 0 radical (unpaired) electrons. The zero-order valence-corrected chi connectivity index (χ0v) is 16.8. The monoisotopic (exact) mass is 392 g/mol. The number of anilines is 2. The number of likely N-dealkylation sites (tertiary alicyclic amines) is 1. The molecule has 6 heteroatoms. The third-order valence-electron chi connectivity index (χ3n) is 5.09. The molecule has 0 bridgehead atoms. The van der Waals surface area contributed by atoms with Crippen molar-refractivity contribution >= 4 is 28.1 Å². The van der Waals surface area contributed by atoms with Crippen molar-refractivity contribution in [1.29, 1.82) is 0 Å². The van der Waals surface area contributed by atoms with E-state index in [2.05, 4.69) is 27.4 Å². The zero-order chi connectivity index (χ0) is 19.3. The van der Waals surface area contributed by atoms with Crippen LogP contribution in [0.2, 0.25) is 0 Å². The molecule has 1 amide bonds. The lowest BCUT2D eigenvalue weighted by molar-refractivity contribution is -0.115. The van der Waals surface area contributed by atoms with Crippen LogP contribution in [0.5, 0.6) is 0 Å². The summed E-state index contributed by atoms with van der Waals surface area (Å²) >= 11 is 1.53. The first-order valence-electron chi connectivity index (χ1n) is 9.60. The molecule has 3 heterocycles. The lowest BCUT2D eigenvalue weighted by atomic mass is 10.00. The maximum atomic E-state index is 12.2. The summed E-state index contributed by atoms with van der Waals surface area (Å²) in [6.45, 7) is 4.60. The van der Waals surface area contributed by atoms with E-state index in [1.807, 2.05) is 42.7 Å². The lowest BCUT2D eigenvalue weighted by Gasteiger charge is -2.18. The van der Waals surface area contributed by atoms with Crippen LogP contribution in [0, 0.1) is 5.92 Å². The standard InChI is InChI=1S/C22H24N4OS/c1-17(27)26(21-5-3-2-4-6-21)22-24-20(16-28-22)15-25-12-9-19(14-25)13-18-7-10-23-11-8-18/h2-8,10-11,16,19H,9,12-15H2,1H3. The first kappa shape index (κ1) is 18.8. The molecule has 5 nitrogen and oxygen atoms in total. The average Bonchev–Trinajstić information content (AvgIpc) is 3.33. The van der Waals surface area contributed by atoms with Crippen molar-refractivity contribution in [2.45, 2.75) is 26.3 Å². The van der Waals surface area contributed by atoms with Gasteiger partial charge in [-0.15, -0.1) is 11.3 Å². The third-order valence-corrected chi connectivity index (χ3v) is 5.96. The van der Waals surface area contributed by atoms with Gasteiger partial charge in [0, 0.05) is 37.8 Å². The number of benzene rings is 1. The molecule has 3 aromatic rings. The Labute approximate surface area is 169 Å². The molecule has 1 aliphatic heterocycles. The van der Waals surface area contributed by atoms with Gasteiger partial charge in [-0.2, -0.15) is 0 Å². The van der Waals surface area contributed by atoms with Crippen LogP contribution in [-0.4, -0.2) is 33.9 Å². The highest BCUT2D eigenvalue weighted by molar-refractivity contribution is 7.14. The van der Waals surface area contributed by atoms with Crippen LogP contribution in [0.1, 0.15) is 24.6 Å². The maximum absolute atomic E-state index is 12.2. The largest absolute Gasteiger partial charge is 0.297 e. The van der Waals surface area contributed by atoms with E-state index in [1.165, 1.54) is 23.3 Å². The fourth-order valence-corrected chi connectivity index (χ4v) is 4.66. The van der Waals surface area contributed by atoms with Crippen LogP contribution < -0.4 is 4.90 Å². The van der Waals surface area contributed by atoms with Crippen LogP contribution in [-0.2, 0) is 17.8 Å². The van der Waals surface area contributed by atoms with Gasteiger partial charge in [0.15, 0.2) is 5.13 Å². The number of para-hydroxylation sites is 1. The number of hydrogen-bond donors (Lipinski definition) is 0. The molecule has 0 saturated carbocycles. The lowest BCUT2D eigenvalue weighted by Crippen LogP contribution is -2.23. The van der Waals surface area contributed by atoms with E-state index in [9.17, 15) is 4.79 Å². The Morgan fingerprint density at radius 2 is 2.00 bits per heavy atom. The molecular formula is C22H24N4OS. The van der Waals surface area contributed by atoms with Crippen molar-refractivity contribution < 1.29 is 4.79 Å². The first-order valence-corrected chi connectivity index (χ1v) is 10.5. The third kappa shape index (κ3) is 4.46. The van der Waals surface area contributed by atoms with E-state index in [4.69, 9.17) is 4.98 Å². The number of amides is 1. The van der Waals surface area contributed by atoms with Crippen LogP contribution in [0.25, 0.3) is 0 Å². The summed E-state index contributed by atoms with van der Waals surface area (Å²) in [5.41, 5.74) is 3.25. The van der Waals surface area contributed by atoms with Crippen LogP contribution in [0.4, 0.5) is 10.8 Å². The SMILES string of the molecule is CC(=O)N(c1ccccc1)c1nc(CN2CCC(Cc3ccncc3)C2)cs1. The second-order valence-corrected chi connectivity index (χ2v) is 8.10.